The van der Waals surface area contributed by atoms with Gasteiger partial charge in [-0.2, -0.15) is 26.3 Å². The number of halogens is 6. The van der Waals surface area contributed by atoms with Gasteiger partial charge in [0.15, 0.2) is 0 Å². The van der Waals surface area contributed by atoms with Crippen LogP contribution in [0.4, 0.5) is 37.8 Å². The number of aliphatic carboxylic acids is 1. The predicted molar refractivity (Wildman–Crippen MR) is 138 cm³/mol. The van der Waals surface area contributed by atoms with E-state index >= 15 is 0 Å². The van der Waals surface area contributed by atoms with E-state index in [1.807, 2.05) is 29.2 Å². The number of hydrogen-bond donors (Lipinski definition) is 2. The van der Waals surface area contributed by atoms with Crippen molar-refractivity contribution in [3.63, 3.8) is 0 Å². The number of rotatable bonds is 3. The first-order chi connectivity index (χ1) is 19.7. The molecular formula is C28H24F6N4O4. The number of carboxylic acids is 1. The SMILES string of the molecule is CC(=O)N1Cc2ccccc2[C@@H]2CN(C(=O)c3cccnc3Nc3cccc(C(F)(F)F)c3)C[C@@H]21.O=C(O)C(F)(F)F. The summed E-state index contributed by atoms with van der Waals surface area (Å²) in [5.74, 6) is -2.92. The molecule has 0 aliphatic carbocycles. The van der Waals surface area contributed by atoms with Crippen molar-refractivity contribution in [3.05, 3.63) is 89.1 Å². The van der Waals surface area contributed by atoms with Gasteiger partial charge < -0.3 is 20.2 Å². The molecule has 1 aromatic heterocycles. The van der Waals surface area contributed by atoms with E-state index in [2.05, 4.69) is 10.3 Å². The van der Waals surface area contributed by atoms with E-state index in [0.717, 1.165) is 23.3 Å². The summed E-state index contributed by atoms with van der Waals surface area (Å²) in [6, 6.07) is 15.8. The highest BCUT2D eigenvalue weighted by Gasteiger charge is 2.44. The Morgan fingerprint density at radius 1 is 0.952 bits per heavy atom. The monoisotopic (exact) mass is 594 g/mol. The van der Waals surface area contributed by atoms with Crippen molar-refractivity contribution in [2.45, 2.75) is 37.8 Å². The molecule has 1 fully saturated rings. The second kappa shape index (κ2) is 11.7. The number of fused-ring (bicyclic) bond motifs is 3. The number of benzene rings is 2. The summed E-state index contributed by atoms with van der Waals surface area (Å²) in [5, 5.41) is 10.00. The van der Waals surface area contributed by atoms with Crippen molar-refractivity contribution < 1.29 is 45.8 Å². The zero-order valence-electron chi connectivity index (χ0n) is 21.9. The molecule has 0 unspecified atom stereocenters. The van der Waals surface area contributed by atoms with Crippen LogP contribution in [0.3, 0.4) is 0 Å². The molecule has 1 saturated heterocycles. The molecular weight excluding hydrogens is 570 g/mol. The Hall–Kier alpha value is -4.62. The lowest BCUT2D eigenvalue weighted by atomic mass is 9.85. The first-order valence-corrected chi connectivity index (χ1v) is 12.5. The fourth-order valence-electron chi connectivity index (χ4n) is 5.02. The van der Waals surface area contributed by atoms with Crippen LogP contribution >= 0.6 is 0 Å². The molecule has 2 aliphatic rings. The highest BCUT2D eigenvalue weighted by molar-refractivity contribution is 5.99. The van der Waals surface area contributed by atoms with Crippen molar-refractivity contribution in [1.29, 1.82) is 0 Å². The Labute approximate surface area is 235 Å². The fourth-order valence-corrected chi connectivity index (χ4v) is 5.02. The van der Waals surface area contributed by atoms with Crippen LogP contribution in [0.1, 0.15) is 39.9 Å². The molecule has 2 aromatic carbocycles. The molecule has 8 nitrogen and oxygen atoms in total. The van der Waals surface area contributed by atoms with Gasteiger partial charge in [0, 0.05) is 44.4 Å². The zero-order valence-corrected chi connectivity index (χ0v) is 21.9. The topological polar surface area (TPSA) is 103 Å². The van der Waals surface area contributed by atoms with E-state index in [4.69, 9.17) is 9.90 Å². The molecule has 5 rings (SSSR count). The average Bonchev–Trinajstić information content (AvgIpc) is 3.38. The largest absolute Gasteiger partial charge is 0.490 e. The summed E-state index contributed by atoms with van der Waals surface area (Å²) in [4.78, 5) is 42.6. The van der Waals surface area contributed by atoms with E-state index in [0.29, 0.717) is 19.6 Å². The van der Waals surface area contributed by atoms with Crippen LogP contribution in [0.15, 0.2) is 66.9 Å². The van der Waals surface area contributed by atoms with Crippen LogP contribution in [-0.2, 0) is 22.3 Å². The normalized spacial score (nSPS) is 17.9. The maximum Gasteiger partial charge on any atom is 0.490 e. The van der Waals surface area contributed by atoms with Crippen molar-refractivity contribution >= 4 is 29.3 Å². The summed E-state index contributed by atoms with van der Waals surface area (Å²) < 4.78 is 71.1. The van der Waals surface area contributed by atoms with Gasteiger partial charge in [-0.1, -0.05) is 30.3 Å². The molecule has 14 heteroatoms. The zero-order chi connectivity index (χ0) is 30.8. The van der Waals surface area contributed by atoms with E-state index < -0.39 is 23.9 Å². The first-order valence-electron chi connectivity index (χ1n) is 12.5. The fraction of sp³-hybridized carbons (Fsp3) is 0.286. The minimum absolute atomic E-state index is 0.00986. The Kier molecular flexibility index (Phi) is 8.45. The maximum atomic E-state index is 13.6. The van der Waals surface area contributed by atoms with Gasteiger partial charge in [0.1, 0.15) is 5.82 Å². The van der Waals surface area contributed by atoms with Crippen molar-refractivity contribution in [2.24, 2.45) is 0 Å². The van der Waals surface area contributed by atoms with Crippen LogP contribution in [0.5, 0.6) is 0 Å². The number of carbonyl (C=O) groups is 3. The number of likely N-dealkylation sites (tertiary alicyclic amines) is 1. The second-order valence-corrected chi connectivity index (χ2v) is 9.64. The van der Waals surface area contributed by atoms with E-state index in [1.165, 1.54) is 25.3 Å². The molecule has 2 aliphatic heterocycles. The van der Waals surface area contributed by atoms with E-state index in [-0.39, 0.29) is 40.8 Å². The first kappa shape index (κ1) is 30.3. The van der Waals surface area contributed by atoms with Gasteiger partial charge in [-0.05, 0) is 41.5 Å². The lowest BCUT2D eigenvalue weighted by Gasteiger charge is -2.37. The number of aromatic nitrogens is 1. The summed E-state index contributed by atoms with van der Waals surface area (Å²) in [5.41, 5.74) is 1.86. The minimum atomic E-state index is -5.08. The molecule has 0 radical (unpaired) electrons. The van der Waals surface area contributed by atoms with Crippen LogP contribution in [-0.4, -0.2) is 63.0 Å². The number of pyridine rings is 1. The molecule has 3 aromatic rings. The quantitative estimate of drug-likeness (QED) is 0.392. The number of anilines is 2. The molecule has 2 N–H and O–H groups in total. The Balaban J connectivity index is 0.000000517. The Morgan fingerprint density at radius 2 is 1.64 bits per heavy atom. The molecule has 2 atom stereocenters. The van der Waals surface area contributed by atoms with Gasteiger partial charge in [-0.15, -0.1) is 0 Å². The second-order valence-electron chi connectivity index (χ2n) is 9.64. The summed E-state index contributed by atoms with van der Waals surface area (Å²) in [7, 11) is 0. The molecule has 222 valence electrons. The molecule has 2 amide bonds. The van der Waals surface area contributed by atoms with Gasteiger partial charge in [0.05, 0.1) is 17.2 Å². The van der Waals surface area contributed by atoms with Crippen LogP contribution in [0, 0.1) is 0 Å². The van der Waals surface area contributed by atoms with E-state index in [1.54, 1.807) is 17.0 Å². The molecule has 0 saturated carbocycles. The van der Waals surface area contributed by atoms with Crippen LogP contribution < -0.4 is 5.32 Å². The van der Waals surface area contributed by atoms with Gasteiger partial charge in [0.2, 0.25) is 5.91 Å². The Morgan fingerprint density at radius 3 is 2.29 bits per heavy atom. The number of nitrogens with one attached hydrogen (secondary N) is 1. The molecule has 0 bridgehead atoms. The summed E-state index contributed by atoms with van der Waals surface area (Å²) in [6.07, 6.45) is -8.09. The van der Waals surface area contributed by atoms with Gasteiger partial charge >= 0.3 is 18.3 Å². The molecule has 0 spiro atoms. The number of alkyl halides is 6. The number of nitrogens with zero attached hydrogens (tertiary/aromatic N) is 3. The van der Waals surface area contributed by atoms with Gasteiger partial charge in [0.25, 0.3) is 5.91 Å². The van der Waals surface area contributed by atoms with Crippen LogP contribution in [0.2, 0.25) is 0 Å². The highest BCUT2D eigenvalue weighted by atomic mass is 19.4. The number of carbonyl (C=O) groups excluding carboxylic acids is 2. The third kappa shape index (κ3) is 6.64. The third-order valence-electron chi connectivity index (χ3n) is 6.91. The van der Waals surface area contributed by atoms with Gasteiger partial charge in [-0.25, -0.2) is 9.78 Å². The number of carboxylic acid groups (broad SMARTS) is 1. The van der Waals surface area contributed by atoms with Crippen molar-refractivity contribution in [3.8, 4) is 0 Å². The smallest absolute Gasteiger partial charge is 0.475 e. The summed E-state index contributed by atoms with van der Waals surface area (Å²) >= 11 is 0. The van der Waals surface area contributed by atoms with Crippen LogP contribution in [0.25, 0.3) is 0 Å². The lowest BCUT2D eigenvalue weighted by Crippen LogP contribution is -2.46. The van der Waals surface area contributed by atoms with Crippen molar-refractivity contribution in [1.82, 2.24) is 14.8 Å². The number of amides is 2. The van der Waals surface area contributed by atoms with E-state index in [9.17, 15) is 35.9 Å². The average molecular weight is 595 g/mol. The van der Waals surface area contributed by atoms with Crippen molar-refractivity contribution in [2.75, 3.05) is 18.4 Å². The van der Waals surface area contributed by atoms with Gasteiger partial charge in [-0.3, -0.25) is 9.59 Å². The number of hydrogen-bond acceptors (Lipinski definition) is 5. The summed E-state index contributed by atoms with van der Waals surface area (Å²) in [6.45, 7) is 2.84. The highest BCUT2D eigenvalue weighted by Crippen LogP contribution is 2.39. The predicted octanol–water partition coefficient (Wildman–Crippen LogP) is 5.45. The minimum Gasteiger partial charge on any atom is -0.475 e. The Bertz CT molecular complexity index is 1490. The lowest BCUT2D eigenvalue weighted by molar-refractivity contribution is -0.192. The molecule has 3 heterocycles. The third-order valence-corrected chi connectivity index (χ3v) is 6.91. The maximum absolute atomic E-state index is 13.6. The molecule has 42 heavy (non-hydrogen) atoms. The standard InChI is InChI=1S/C26H23F3N4O2.C2HF3O2/c1-16(34)33-13-17-6-2-3-9-20(17)22-14-32(15-23(22)33)25(35)21-10-5-11-30-24(21)31-19-8-4-7-18(12-19)26(27,28)29;3-2(4,5)1(6)7/h2-12,22-23H,13-15H2,1H3,(H,30,31);(H,6,7)/t22-,23-;/m0./s1.